The van der Waals surface area contributed by atoms with Crippen LogP contribution in [0.2, 0.25) is 0 Å². The summed E-state index contributed by atoms with van der Waals surface area (Å²) in [6.07, 6.45) is 0. The summed E-state index contributed by atoms with van der Waals surface area (Å²) in [7, 11) is 2.01. The summed E-state index contributed by atoms with van der Waals surface area (Å²) in [5, 5.41) is 12.2. The number of carbonyl (C=O) groups is 2. The van der Waals surface area contributed by atoms with Crippen molar-refractivity contribution in [2.75, 3.05) is 51.9 Å². The molecule has 2 fully saturated rings. The van der Waals surface area contributed by atoms with Crippen LogP contribution in [0.5, 0.6) is 0 Å². The van der Waals surface area contributed by atoms with Crippen molar-refractivity contribution in [1.82, 2.24) is 14.8 Å². The van der Waals surface area contributed by atoms with Crippen molar-refractivity contribution in [1.29, 1.82) is 0 Å². The van der Waals surface area contributed by atoms with Crippen LogP contribution >= 0.6 is 0 Å². The molecule has 0 aromatic heterocycles. The van der Waals surface area contributed by atoms with Crippen molar-refractivity contribution in [2.24, 2.45) is 0 Å². The SMILES string of the molecule is CN1Cc2ccc(-c3ccc(C(=O)N4CCN(C(=O)C5(O)COC5)CC4)cc3)cc2N1. The molecular formula is C23H26N4O4. The molecule has 2 aromatic carbocycles. The van der Waals surface area contributed by atoms with Gasteiger partial charge in [-0.1, -0.05) is 24.3 Å². The number of anilines is 1. The first-order valence-electron chi connectivity index (χ1n) is 10.5. The van der Waals surface area contributed by atoms with E-state index in [2.05, 4.69) is 23.6 Å². The molecule has 0 spiro atoms. The average Bonchev–Trinajstić information content (AvgIpc) is 3.16. The summed E-state index contributed by atoms with van der Waals surface area (Å²) in [5.41, 5.74) is 7.13. The van der Waals surface area contributed by atoms with Gasteiger partial charge in [0.15, 0.2) is 5.60 Å². The normalized spacial score (nSPS) is 20.1. The molecule has 0 saturated carbocycles. The van der Waals surface area contributed by atoms with Crippen molar-refractivity contribution >= 4 is 17.5 Å². The van der Waals surface area contributed by atoms with Gasteiger partial charge in [-0.3, -0.25) is 9.59 Å². The standard InChI is InChI=1S/C23H26N4O4/c1-25-13-19-7-6-18(12-20(19)24-25)16-2-4-17(5-3-16)21(28)26-8-10-27(11-9-26)22(29)23(30)14-31-15-23/h2-7,12,24,30H,8-11,13-15H2,1H3. The van der Waals surface area contributed by atoms with Crippen LogP contribution in [0.3, 0.4) is 0 Å². The second-order valence-corrected chi connectivity index (χ2v) is 8.53. The highest BCUT2D eigenvalue weighted by Crippen LogP contribution is 2.30. The van der Waals surface area contributed by atoms with Gasteiger partial charge in [0.25, 0.3) is 11.8 Å². The first kappa shape index (κ1) is 20.0. The highest BCUT2D eigenvalue weighted by molar-refractivity contribution is 5.95. The summed E-state index contributed by atoms with van der Waals surface area (Å²) in [6.45, 7) is 2.72. The Balaban J connectivity index is 1.22. The molecule has 0 unspecified atom stereocenters. The van der Waals surface area contributed by atoms with Crippen molar-refractivity contribution in [3.8, 4) is 11.1 Å². The number of hydrogen-bond donors (Lipinski definition) is 2. The lowest BCUT2D eigenvalue weighted by atomic mass is 10.00. The number of ether oxygens (including phenoxy) is 1. The summed E-state index contributed by atoms with van der Waals surface area (Å²) < 4.78 is 4.97. The molecule has 0 atom stereocenters. The van der Waals surface area contributed by atoms with Gasteiger partial charge in [0, 0.05) is 45.3 Å². The summed E-state index contributed by atoms with van der Waals surface area (Å²) in [6, 6.07) is 14.0. The van der Waals surface area contributed by atoms with E-state index in [1.807, 2.05) is 36.3 Å². The van der Waals surface area contributed by atoms with Gasteiger partial charge >= 0.3 is 0 Å². The molecule has 3 aliphatic rings. The summed E-state index contributed by atoms with van der Waals surface area (Å²) in [5.74, 6) is -0.341. The Kier molecular flexibility index (Phi) is 4.92. The van der Waals surface area contributed by atoms with Crippen molar-refractivity contribution in [3.05, 3.63) is 53.6 Å². The number of fused-ring (bicyclic) bond motifs is 1. The maximum atomic E-state index is 12.9. The maximum absolute atomic E-state index is 12.9. The quantitative estimate of drug-likeness (QED) is 0.773. The Morgan fingerprint density at radius 3 is 2.26 bits per heavy atom. The molecule has 0 bridgehead atoms. The molecule has 0 aliphatic carbocycles. The molecule has 31 heavy (non-hydrogen) atoms. The Morgan fingerprint density at radius 2 is 1.61 bits per heavy atom. The molecule has 3 heterocycles. The fourth-order valence-corrected chi connectivity index (χ4v) is 4.31. The second kappa shape index (κ2) is 7.64. The third-order valence-electron chi connectivity index (χ3n) is 6.23. The Bertz CT molecular complexity index is 1010. The van der Waals surface area contributed by atoms with Gasteiger partial charge in [-0.15, -0.1) is 0 Å². The molecular weight excluding hydrogens is 396 g/mol. The highest BCUT2D eigenvalue weighted by atomic mass is 16.5. The number of benzene rings is 2. The number of carbonyl (C=O) groups excluding carboxylic acids is 2. The van der Waals surface area contributed by atoms with Crippen LogP contribution in [-0.2, 0) is 16.1 Å². The van der Waals surface area contributed by atoms with E-state index in [1.54, 1.807) is 9.80 Å². The molecule has 3 aliphatic heterocycles. The van der Waals surface area contributed by atoms with E-state index in [0.717, 1.165) is 23.4 Å². The lowest BCUT2D eigenvalue weighted by Crippen LogP contribution is -2.64. The predicted molar refractivity (Wildman–Crippen MR) is 115 cm³/mol. The first-order valence-corrected chi connectivity index (χ1v) is 10.5. The van der Waals surface area contributed by atoms with E-state index >= 15 is 0 Å². The van der Waals surface area contributed by atoms with Crippen molar-refractivity contribution < 1.29 is 19.4 Å². The van der Waals surface area contributed by atoms with Crippen LogP contribution in [0.1, 0.15) is 15.9 Å². The van der Waals surface area contributed by atoms with E-state index in [4.69, 9.17) is 4.74 Å². The molecule has 2 aromatic rings. The van der Waals surface area contributed by atoms with E-state index in [1.165, 1.54) is 5.56 Å². The van der Waals surface area contributed by atoms with Gasteiger partial charge < -0.3 is 25.1 Å². The van der Waals surface area contributed by atoms with Gasteiger partial charge in [0.1, 0.15) is 0 Å². The van der Waals surface area contributed by atoms with Gasteiger partial charge in [-0.2, -0.15) is 0 Å². The second-order valence-electron chi connectivity index (χ2n) is 8.53. The van der Waals surface area contributed by atoms with Gasteiger partial charge in [-0.05, 0) is 34.9 Å². The van der Waals surface area contributed by atoms with Crippen LogP contribution in [0, 0.1) is 0 Å². The lowest BCUT2D eigenvalue weighted by Gasteiger charge is -2.42. The molecule has 2 amide bonds. The Hall–Kier alpha value is -2.94. The zero-order chi connectivity index (χ0) is 21.6. The molecule has 2 N–H and O–H groups in total. The number of aliphatic hydroxyl groups is 1. The van der Waals surface area contributed by atoms with Crippen LogP contribution in [-0.4, -0.2) is 83.8 Å². The zero-order valence-corrected chi connectivity index (χ0v) is 17.5. The molecule has 2 saturated heterocycles. The highest BCUT2D eigenvalue weighted by Gasteiger charge is 2.46. The van der Waals surface area contributed by atoms with E-state index in [-0.39, 0.29) is 25.0 Å². The smallest absolute Gasteiger partial charge is 0.259 e. The minimum Gasteiger partial charge on any atom is -0.376 e. The largest absolute Gasteiger partial charge is 0.376 e. The number of nitrogens with zero attached hydrogens (tertiary/aromatic N) is 3. The fourth-order valence-electron chi connectivity index (χ4n) is 4.31. The van der Waals surface area contributed by atoms with Crippen LogP contribution in [0.15, 0.2) is 42.5 Å². The maximum Gasteiger partial charge on any atom is 0.259 e. The molecule has 0 radical (unpaired) electrons. The van der Waals surface area contributed by atoms with Gasteiger partial charge in [0.2, 0.25) is 0 Å². The van der Waals surface area contributed by atoms with Gasteiger partial charge in [0.05, 0.1) is 18.9 Å². The third-order valence-corrected chi connectivity index (χ3v) is 6.23. The topological polar surface area (TPSA) is 85.4 Å². The Labute approximate surface area is 181 Å². The van der Waals surface area contributed by atoms with Crippen LogP contribution < -0.4 is 5.43 Å². The zero-order valence-electron chi connectivity index (χ0n) is 17.5. The monoisotopic (exact) mass is 422 g/mol. The number of piperazine rings is 1. The third kappa shape index (κ3) is 3.67. The van der Waals surface area contributed by atoms with E-state index in [0.29, 0.717) is 31.7 Å². The average molecular weight is 422 g/mol. The number of rotatable bonds is 3. The van der Waals surface area contributed by atoms with Gasteiger partial charge in [-0.25, -0.2) is 5.01 Å². The van der Waals surface area contributed by atoms with E-state index in [9.17, 15) is 14.7 Å². The summed E-state index contributed by atoms with van der Waals surface area (Å²) >= 11 is 0. The molecule has 5 rings (SSSR count). The predicted octanol–water partition coefficient (Wildman–Crippen LogP) is 1.17. The minimum absolute atomic E-state index is 0.0402. The van der Waals surface area contributed by atoms with E-state index < -0.39 is 5.60 Å². The van der Waals surface area contributed by atoms with Crippen LogP contribution in [0.25, 0.3) is 11.1 Å². The number of hydrazine groups is 1. The Morgan fingerprint density at radius 1 is 0.968 bits per heavy atom. The summed E-state index contributed by atoms with van der Waals surface area (Å²) in [4.78, 5) is 28.7. The fraction of sp³-hybridized carbons (Fsp3) is 0.391. The molecule has 8 heteroatoms. The minimum atomic E-state index is -1.38. The number of amides is 2. The molecule has 162 valence electrons. The molecule has 8 nitrogen and oxygen atoms in total. The first-order chi connectivity index (χ1) is 14.9. The van der Waals surface area contributed by atoms with Crippen LogP contribution in [0.4, 0.5) is 5.69 Å². The van der Waals surface area contributed by atoms with Crippen molar-refractivity contribution in [2.45, 2.75) is 12.1 Å². The lowest BCUT2D eigenvalue weighted by molar-refractivity contribution is -0.201. The number of nitrogens with one attached hydrogen (secondary N) is 1. The number of hydrogen-bond acceptors (Lipinski definition) is 6. The van der Waals surface area contributed by atoms with Crippen molar-refractivity contribution in [3.63, 3.8) is 0 Å².